The molecule has 136 valence electrons. The molecule has 1 aromatic heterocycles. The molecule has 0 bridgehead atoms. The standard InChI is InChI=1S/C22H25NO3/c1-15(2)19-9-5-7-11-21(19)25-16(3)22(24)23-13-12-18-14-17-8-4-6-10-20(17)26-18/h4-11,14-16H,12-13H2,1-3H3,(H,23,24). The van der Waals surface area contributed by atoms with E-state index in [4.69, 9.17) is 9.15 Å². The van der Waals surface area contributed by atoms with Gasteiger partial charge < -0.3 is 14.5 Å². The van der Waals surface area contributed by atoms with Crippen LogP contribution in [0.15, 0.2) is 59.0 Å². The van der Waals surface area contributed by atoms with Gasteiger partial charge >= 0.3 is 0 Å². The van der Waals surface area contributed by atoms with Crippen LogP contribution in [0.2, 0.25) is 0 Å². The number of fused-ring (bicyclic) bond motifs is 1. The SMILES string of the molecule is CC(Oc1ccccc1C(C)C)C(=O)NCCc1cc2ccccc2o1. The minimum atomic E-state index is -0.550. The molecule has 4 nitrogen and oxygen atoms in total. The van der Waals surface area contributed by atoms with Crippen LogP contribution in [-0.4, -0.2) is 18.6 Å². The third kappa shape index (κ3) is 4.26. The number of hydrogen-bond acceptors (Lipinski definition) is 3. The van der Waals surface area contributed by atoms with Crippen molar-refractivity contribution in [1.82, 2.24) is 5.32 Å². The minimum Gasteiger partial charge on any atom is -0.481 e. The number of nitrogens with one attached hydrogen (secondary N) is 1. The van der Waals surface area contributed by atoms with Gasteiger partial charge in [0.1, 0.15) is 17.1 Å². The Hall–Kier alpha value is -2.75. The summed E-state index contributed by atoms with van der Waals surface area (Å²) in [7, 11) is 0. The molecule has 4 heteroatoms. The van der Waals surface area contributed by atoms with Gasteiger partial charge in [0.2, 0.25) is 0 Å². The molecular weight excluding hydrogens is 326 g/mol. The summed E-state index contributed by atoms with van der Waals surface area (Å²) in [5.74, 6) is 1.85. The fourth-order valence-corrected chi connectivity index (χ4v) is 2.92. The lowest BCUT2D eigenvalue weighted by molar-refractivity contribution is -0.127. The second kappa shape index (κ2) is 8.09. The molecule has 3 rings (SSSR count). The van der Waals surface area contributed by atoms with Crippen molar-refractivity contribution >= 4 is 16.9 Å². The van der Waals surface area contributed by atoms with E-state index in [9.17, 15) is 4.79 Å². The zero-order valence-electron chi connectivity index (χ0n) is 15.5. The van der Waals surface area contributed by atoms with Gasteiger partial charge in [-0.1, -0.05) is 50.2 Å². The Labute approximate surface area is 154 Å². The molecule has 1 unspecified atom stereocenters. The quantitative estimate of drug-likeness (QED) is 0.672. The molecule has 0 aliphatic carbocycles. The average molecular weight is 351 g/mol. The maximum Gasteiger partial charge on any atom is 0.260 e. The molecule has 26 heavy (non-hydrogen) atoms. The fourth-order valence-electron chi connectivity index (χ4n) is 2.92. The lowest BCUT2D eigenvalue weighted by atomic mass is 10.0. The number of benzene rings is 2. The van der Waals surface area contributed by atoms with Gasteiger partial charge in [-0.15, -0.1) is 0 Å². The highest BCUT2D eigenvalue weighted by molar-refractivity contribution is 5.81. The van der Waals surface area contributed by atoms with Gasteiger partial charge in [-0.05, 0) is 36.6 Å². The zero-order chi connectivity index (χ0) is 18.5. The van der Waals surface area contributed by atoms with Crippen LogP contribution in [-0.2, 0) is 11.2 Å². The van der Waals surface area contributed by atoms with Gasteiger partial charge in [0.25, 0.3) is 5.91 Å². The molecule has 2 aromatic carbocycles. The Balaban J connectivity index is 1.53. The molecule has 0 saturated heterocycles. The van der Waals surface area contributed by atoms with Crippen LogP contribution in [0, 0.1) is 0 Å². The normalized spacial score (nSPS) is 12.3. The van der Waals surface area contributed by atoms with Gasteiger partial charge in [-0.2, -0.15) is 0 Å². The Morgan fingerprint density at radius 1 is 1.08 bits per heavy atom. The number of carbonyl (C=O) groups excluding carboxylic acids is 1. The molecule has 1 N–H and O–H groups in total. The lowest BCUT2D eigenvalue weighted by Gasteiger charge is -2.18. The number of rotatable bonds is 7. The van der Waals surface area contributed by atoms with Crippen molar-refractivity contribution < 1.29 is 13.9 Å². The number of ether oxygens (including phenoxy) is 1. The van der Waals surface area contributed by atoms with Crippen molar-refractivity contribution in [2.24, 2.45) is 0 Å². The van der Waals surface area contributed by atoms with E-state index >= 15 is 0 Å². The molecule has 1 atom stereocenters. The summed E-state index contributed by atoms with van der Waals surface area (Å²) in [4.78, 5) is 12.3. The van der Waals surface area contributed by atoms with Crippen LogP contribution in [0.1, 0.15) is 38.0 Å². The summed E-state index contributed by atoms with van der Waals surface area (Å²) in [5, 5.41) is 4.00. The lowest BCUT2D eigenvalue weighted by Crippen LogP contribution is -2.37. The molecule has 0 aliphatic heterocycles. The van der Waals surface area contributed by atoms with E-state index in [1.54, 1.807) is 6.92 Å². The molecule has 3 aromatic rings. The van der Waals surface area contributed by atoms with E-state index in [0.29, 0.717) is 18.9 Å². The van der Waals surface area contributed by atoms with E-state index in [1.165, 1.54) is 0 Å². The van der Waals surface area contributed by atoms with Crippen molar-refractivity contribution in [1.29, 1.82) is 0 Å². The number of para-hydroxylation sites is 2. The van der Waals surface area contributed by atoms with Crippen LogP contribution in [0.3, 0.4) is 0 Å². The van der Waals surface area contributed by atoms with Crippen molar-refractivity contribution in [2.75, 3.05) is 6.54 Å². The van der Waals surface area contributed by atoms with Gasteiger partial charge in [0, 0.05) is 18.4 Å². The molecule has 0 saturated carbocycles. The number of amides is 1. The van der Waals surface area contributed by atoms with Crippen LogP contribution in [0.25, 0.3) is 11.0 Å². The van der Waals surface area contributed by atoms with E-state index in [2.05, 4.69) is 19.2 Å². The Kier molecular flexibility index (Phi) is 5.61. The van der Waals surface area contributed by atoms with Gasteiger partial charge in [-0.3, -0.25) is 4.79 Å². The summed E-state index contributed by atoms with van der Waals surface area (Å²) in [6.45, 7) is 6.51. The maximum absolute atomic E-state index is 12.3. The van der Waals surface area contributed by atoms with Gasteiger partial charge in [0.15, 0.2) is 6.10 Å². The van der Waals surface area contributed by atoms with Crippen molar-refractivity contribution in [2.45, 2.75) is 39.2 Å². The Morgan fingerprint density at radius 3 is 2.58 bits per heavy atom. The molecule has 1 heterocycles. The topological polar surface area (TPSA) is 51.5 Å². The van der Waals surface area contributed by atoms with Crippen LogP contribution < -0.4 is 10.1 Å². The van der Waals surface area contributed by atoms with Crippen LogP contribution in [0.4, 0.5) is 0 Å². The first kappa shape index (κ1) is 18.1. The molecule has 0 fully saturated rings. The average Bonchev–Trinajstić information content (AvgIpc) is 3.04. The highest BCUT2D eigenvalue weighted by Crippen LogP contribution is 2.26. The first-order valence-corrected chi connectivity index (χ1v) is 9.05. The van der Waals surface area contributed by atoms with E-state index in [0.717, 1.165) is 28.0 Å². The summed E-state index contributed by atoms with van der Waals surface area (Å²) < 4.78 is 11.6. The second-order valence-electron chi connectivity index (χ2n) is 6.74. The number of carbonyl (C=O) groups is 1. The highest BCUT2D eigenvalue weighted by atomic mass is 16.5. The zero-order valence-corrected chi connectivity index (χ0v) is 15.5. The fraction of sp³-hybridized carbons (Fsp3) is 0.318. The largest absolute Gasteiger partial charge is 0.481 e. The van der Waals surface area contributed by atoms with Gasteiger partial charge in [0.05, 0.1) is 0 Å². The molecular formula is C22H25NO3. The predicted octanol–water partition coefficient (Wildman–Crippen LogP) is 4.68. The first-order chi connectivity index (χ1) is 12.5. The maximum atomic E-state index is 12.3. The van der Waals surface area contributed by atoms with Crippen molar-refractivity contribution in [3.63, 3.8) is 0 Å². The summed E-state index contributed by atoms with van der Waals surface area (Å²) in [6.07, 6.45) is 0.0981. The molecule has 1 amide bonds. The predicted molar refractivity (Wildman–Crippen MR) is 104 cm³/mol. The third-order valence-electron chi connectivity index (χ3n) is 4.36. The summed E-state index contributed by atoms with van der Waals surface area (Å²) >= 11 is 0. The van der Waals surface area contributed by atoms with Gasteiger partial charge in [-0.25, -0.2) is 0 Å². The molecule has 0 radical (unpaired) electrons. The summed E-state index contributed by atoms with van der Waals surface area (Å²) in [6, 6.07) is 17.8. The summed E-state index contributed by atoms with van der Waals surface area (Å²) in [5.41, 5.74) is 1.98. The Morgan fingerprint density at radius 2 is 1.81 bits per heavy atom. The van der Waals surface area contributed by atoms with Crippen LogP contribution in [0.5, 0.6) is 5.75 Å². The van der Waals surface area contributed by atoms with E-state index < -0.39 is 6.10 Å². The minimum absolute atomic E-state index is 0.125. The molecule has 0 spiro atoms. The number of furan rings is 1. The smallest absolute Gasteiger partial charge is 0.260 e. The third-order valence-corrected chi connectivity index (χ3v) is 4.36. The highest BCUT2D eigenvalue weighted by Gasteiger charge is 2.17. The Bertz CT molecular complexity index is 849. The van der Waals surface area contributed by atoms with Crippen molar-refractivity contribution in [3.05, 3.63) is 65.9 Å². The monoisotopic (exact) mass is 351 g/mol. The second-order valence-corrected chi connectivity index (χ2v) is 6.74. The van der Waals surface area contributed by atoms with Crippen LogP contribution >= 0.6 is 0 Å². The van der Waals surface area contributed by atoms with Crippen molar-refractivity contribution in [3.8, 4) is 5.75 Å². The first-order valence-electron chi connectivity index (χ1n) is 9.05. The molecule has 0 aliphatic rings. The van der Waals surface area contributed by atoms with E-state index in [-0.39, 0.29) is 5.91 Å². The number of hydrogen-bond donors (Lipinski definition) is 1. The van der Waals surface area contributed by atoms with E-state index in [1.807, 2.05) is 54.6 Å².